The number of morpholine rings is 1. The van der Waals surface area contributed by atoms with E-state index in [4.69, 9.17) is 4.74 Å². The molecule has 10 heteroatoms. The first kappa shape index (κ1) is 24.5. The molecule has 3 amide bonds. The van der Waals surface area contributed by atoms with E-state index in [-0.39, 0.29) is 29.8 Å². The summed E-state index contributed by atoms with van der Waals surface area (Å²) < 4.78 is 24.5. The van der Waals surface area contributed by atoms with Gasteiger partial charge >= 0.3 is 5.97 Å². The fourth-order valence-electron chi connectivity index (χ4n) is 4.26. The van der Waals surface area contributed by atoms with E-state index in [9.17, 15) is 23.6 Å². The van der Waals surface area contributed by atoms with E-state index >= 15 is 0 Å². The third-order valence-corrected chi connectivity index (χ3v) is 6.17. The molecule has 0 saturated carbocycles. The highest BCUT2D eigenvalue weighted by Gasteiger charge is 2.44. The predicted octanol–water partition coefficient (Wildman–Crippen LogP) is 1.72. The predicted molar refractivity (Wildman–Crippen MR) is 123 cm³/mol. The molecule has 9 nitrogen and oxygen atoms in total. The third-order valence-electron chi connectivity index (χ3n) is 6.17. The molecule has 2 aliphatic rings. The van der Waals surface area contributed by atoms with Crippen LogP contribution < -0.4 is 4.90 Å². The summed E-state index contributed by atoms with van der Waals surface area (Å²) in [5.41, 5.74) is 0.394. The normalized spacial score (nSPS) is 18.6. The molecule has 2 fully saturated rings. The van der Waals surface area contributed by atoms with Crippen molar-refractivity contribution in [3.05, 3.63) is 65.5 Å². The van der Waals surface area contributed by atoms with Gasteiger partial charge in [-0.1, -0.05) is 12.1 Å². The van der Waals surface area contributed by atoms with E-state index in [2.05, 4.69) is 9.64 Å². The number of ether oxygens (including phenoxy) is 2. The molecule has 4 rings (SSSR count). The number of hydrogen-bond acceptors (Lipinski definition) is 7. The lowest BCUT2D eigenvalue weighted by atomic mass is 10.1. The van der Waals surface area contributed by atoms with E-state index in [1.54, 1.807) is 6.07 Å². The molecule has 184 valence electrons. The summed E-state index contributed by atoms with van der Waals surface area (Å²) in [7, 11) is 1.26. The maximum absolute atomic E-state index is 14.5. The maximum Gasteiger partial charge on any atom is 0.337 e. The molecule has 1 unspecified atom stereocenters. The Morgan fingerprint density at radius 1 is 1.09 bits per heavy atom. The SMILES string of the molecule is COC(=O)c1ccc(N2C(=O)CC(N(CCN3CCOCC3)C(=O)c3ccccc3F)C2=O)cc1. The Morgan fingerprint density at radius 3 is 2.43 bits per heavy atom. The third kappa shape index (κ3) is 5.23. The van der Waals surface area contributed by atoms with Crippen molar-refractivity contribution in [1.29, 1.82) is 0 Å². The molecule has 0 radical (unpaired) electrons. The number of nitrogens with zero attached hydrogens (tertiary/aromatic N) is 3. The second-order valence-corrected chi connectivity index (χ2v) is 8.26. The zero-order valence-electron chi connectivity index (χ0n) is 19.3. The Balaban J connectivity index is 1.59. The average molecular weight is 483 g/mol. The van der Waals surface area contributed by atoms with Crippen LogP contribution >= 0.6 is 0 Å². The molecule has 2 aromatic rings. The molecule has 2 aromatic carbocycles. The van der Waals surface area contributed by atoms with Crippen molar-refractivity contribution in [2.75, 3.05) is 51.4 Å². The Labute approximate surface area is 202 Å². The molecular formula is C25H26FN3O6. The van der Waals surface area contributed by atoms with Crippen molar-refractivity contribution in [2.45, 2.75) is 12.5 Å². The van der Waals surface area contributed by atoms with Gasteiger partial charge in [0, 0.05) is 26.2 Å². The number of esters is 1. The van der Waals surface area contributed by atoms with Crippen molar-refractivity contribution in [3.63, 3.8) is 0 Å². The van der Waals surface area contributed by atoms with Crippen molar-refractivity contribution < 1.29 is 33.0 Å². The van der Waals surface area contributed by atoms with Gasteiger partial charge in [0.15, 0.2) is 0 Å². The maximum atomic E-state index is 14.5. The van der Waals surface area contributed by atoms with Gasteiger partial charge in [0.2, 0.25) is 5.91 Å². The van der Waals surface area contributed by atoms with Gasteiger partial charge in [0.1, 0.15) is 11.9 Å². The summed E-state index contributed by atoms with van der Waals surface area (Å²) in [5.74, 6) is -2.94. The first-order valence-electron chi connectivity index (χ1n) is 11.3. The van der Waals surface area contributed by atoms with Crippen molar-refractivity contribution in [2.24, 2.45) is 0 Å². The molecule has 2 aliphatic heterocycles. The highest BCUT2D eigenvalue weighted by molar-refractivity contribution is 6.23. The Hall–Kier alpha value is -3.63. The first-order chi connectivity index (χ1) is 16.9. The molecule has 0 N–H and O–H groups in total. The number of benzene rings is 2. The second-order valence-electron chi connectivity index (χ2n) is 8.26. The van der Waals surface area contributed by atoms with Gasteiger partial charge in [-0.15, -0.1) is 0 Å². The van der Waals surface area contributed by atoms with E-state index in [1.165, 1.54) is 54.5 Å². The number of hydrogen-bond donors (Lipinski definition) is 0. The van der Waals surface area contributed by atoms with Crippen LogP contribution in [0.25, 0.3) is 0 Å². The van der Waals surface area contributed by atoms with E-state index < -0.39 is 35.5 Å². The van der Waals surface area contributed by atoms with Crippen LogP contribution in [0.3, 0.4) is 0 Å². The fraction of sp³-hybridized carbons (Fsp3) is 0.360. The van der Waals surface area contributed by atoms with Crippen molar-refractivity contribution in [3.8, 4) is 0 Å². The molecular weight excluding hydrogens is 457 g/mol. The lowest BCUT2D eigenvalue weighted by Gasteiger charge is -2.32. The Morgan fingerprint density at radius 2 is 1.77 bits per heavy atom. The van der Waals surface area contributed by atoms with Gasteiger partial charge in [-0.25, -0.2) is 14.1 Å². The molecule has 2 heterocycles. The summed E-state index contributed by atoms with van der Waals surface area (Å²) in [6.07, 6.45) is -0.221. The highest BCUT2D eigenvalue weighted by atomic mass is 19.1. The van der Waals surface area contributed by atoms with Gasteiger partial charge in [0.05, 0.1) is 43.6 Å². The number of anilines is 1. The summed E-state index contributed by atoms with van der Waals surface area (Å²) in [5, 5.41) is 0. The van der Waals surface area contributed by atoms with E-state index in [1.807, 2.05) is 0 Å². The number of rotatable bonds is 7. The monoisotopic (exact) mass is 483 g/mol. The summed E-state index contributed by atoms with van der Waals surface area (Å²) in [6, 6.07) is 10.4. The zero-order chi connectivity index (χ0) is 24.9. The first-order valence-corrected chi connectivity index (χ1v) is 11.3. The molecule has 1 atom stereocenters. The van der Waals surface area contributed by atoms with E-state index in [0.29, 0.717) is 32.8 Å². The number of carbonyl (C=O) groups is 4. The van der Waals surface area contributed by atoms with Gasteiger partial charge < -0.3 is 14.4 Å². The van der Waals surface area contributed by atoms with Crippen LogP contribution in [0.4, 0.5) is 10.1 Å². The molecule has 0 aromatic heterocycles. The summed E-state index contributed by atoms with van der Waals surface area (Å²) in [6.45, 7) is 3.09. The Bertz CT molecular complexity index is 1120. The largest absolute Gasteiger partial charge is 0.465 e. The van der Waals surface area contributed by atoms with Gasteiger partial charge in [-0.05, 0) is 36.4 Å². The highest BCUT2D eigenvalue weighted by Crippen LogP contribution is 2.27. The minimum absolute atomic E-state index is 0.145. The molecule has 0 spiro atoms. The van der Waals surface area contributed by atoms with Crippen LogP contribution in [-0.2, 0) is 19.1 Å². The van der Waals surface area contributed by atoms with Crippen LogP contribution in [0.15, 0.2) is 48.5 Å². The number of methoxy groups -OCH3 is 1. The number of amides is 3. The van der Waals surface area contributed by atoms with Crippen LogP contribution in [0.1, 0.15) is 27.1 Å². The standard InChI is InChI=1S/C25H26FN3O6/c1-34-25(33)17-6-8-18(9-7-17)29-22(30)16-21(24(29)32)28(11-10-27-12-14-35-15-13-27)23(31)19-4-2-3-5-20(19)26/h2-9,21H,10-16H2,1H3. The Kier molecular flexibility index (Phi) is 7.52. The molecule has 0 bridgehead atoms. The zero-order valence-corrected chi connectivity index (χ0v) is 19.3. The molecule has 35 heavy (non-hydrogen) atoms. The quantitative estimate of drug-likeness (QED) is 0.437. The second kappa shape index (κ2) is 10.7. The fourth-order valence-corrected chi connectivity index (χ4v) is 4.26. The minimum Gasteiger partial charge on any atom is -0.465 e. The minimum atomic E-state index is -1.07. The van der Waals surface area contributed by atoms with E-state index in [0.717, 1.165) is 4.90 Å². The van der Waals surface area contributed by atoms with Crippen molar-refractivity contribution >= 4 is 29.4 Å². The molecule has 2 saturated heterocycles. The van der Waals surface area contributed by atoms with Gasteiger partial charge in [-0.2, -0.15) is 0 Å². The summed E-state index contributed by atoms with van der Waals surface area (Å²) >= 11 is 0. The van der Waals surface area contributed by atoms with Gasteiger partial charge in [-0.3, -0.25) is 19.3 Å². The van der Waals surface area contributed by atoms with Gasteiger partial charge in [0.25, 0.3) is 11.8 Å². The van der Waals surface area contributed by atoms with Crippen LogP contribution in [0, 0.1) is 5.82 Å². The smallest absolute Gasteiger partial charge is 0.337 e. The number of carbonyl (C=O) groups excluding carboxylic acids is 4. The van der Waals surface area contributed by atoms with Crippen LogP contribution in [-0.4, -0.2) is 86.0 Å². The number of halogens is 1. The number of imide groups is 1. The van der Waals surface area contributed by atoms with Crippen LogP contribution in [0.2, 0.25) is 0 Å². The average Bonchev–Trinajstić information content (AvgIpc) is 3.18. The topological polar surface area (TPSA) is 96.5 Å². The van der Waals surface area contributed by atoms with Crippen LogP contribution in [0.5, 0.6) is 0 Å². The lowest BCUT2D eigenvalue weighted by molar-refractivity contribution is -0.122. The molecule has 0 aliphatic carbocycles. The lowest BCUT2D eigenvalue weighted by Crippen LogP contribution is -2.49. The summed E-state index contributed by atoms with van der Waals surface area (Å²) in [4.78, 5) is 55.7. The van der Waals surface area contributed by atoms with Crippen molar-refractivity contribution in [1.82, 2.24) is 9.80 Å².